The van der Waals surface area contributed by atoms with E-state index in [0.29, 0.717) is 16.7 Å². The molecule has 0 radical (unpaired) electrons. The molecule has 3 heterocycles. The molecule has 1 N–H and O–H groups in total. The van der Waals surface area contributed by atoms with Crippen molar-refractivity contribution in [2.45, 2.75) is 44.5 Å². The first-order valence-corrected chi connectivity index (χ1v) is 10.5. The fraction of sp³-hybridized carbons (Fsp3) is 0.381. The lowest BCUT2D eigenvalue weighted by molar-refractivity contribution is 0.0957. The van der Waals surface area contributed by atoms with Crippen molar-refractivity contribution in [2.24, 2.45) is 0 Å². The Bertz CT molecular complexity index is 958. The van der Waals surface area contributed by atoms with Crippen molar-refractivity contribution in [1.82, 2.24) is 19.7 Å². The minimum absolute atomic E-state index is 0.0998. The van der Waals surface area contributed by atoms with Crippen LogP contribution in [0.3, 0.4) is 0 Å². The van der Waals surface area contributed by atoms with E-state index in [9.17, 15) is 4.79 Å². The molecule has 0 spiro atoms. The maximum Gasteiger partial charge on any atom is 0.209 e. The molecule has 1 aromatic carbocycles. The van der Waals surface area contributed by atoms with Crippen LogP contribution >= 0.6 is 11.8 Å². The second kappa shape index (κ2) is 8.32. The van der Waals surface area contributed by atoms with Crippen molar-refractivity contribution in [3.63, 3.8) is 0 Å². The zero-order chi connectivity index (χ0) is 19.5. The number of benzene rings is 1. The molecule has 3 aromatic rings. The largest absolute Gasteiger partial charge is 0.376 e. The van der Waals surface area contributed by atoms with Gasteiger partial charge in [-0.1, -0.05) is 42.1 Å². The SMILES string of the molecule is Cc1cc(C(=O)CSc2n[nH]c(-c3ccccc3)n2)c(C)n1C[C@@H]1CCCO1. The van der Waals surface area contributed by atoms with Crippen molar-refractivity contribution in [2.75, 3.05) is 12.4 Å². The number of hydrogen-bond acceptors (Lipinski definition) is 5. The van der Waals surface area contributed by atoms with Crippen LogP contribution in [0.5, 0.6) is 0 Å². The monoisotopic (exact) mass is 396 g/mol. The number of aryl methyl sites for hydroxylation is 1. The van der Waals surface area contributed by atoms with Crippen molar-refractivity contribution < 1.29 is 9.53 Å². The molecule has 1 saturated heterocycles. The Morgan fingerprint density at radius 1 is 1.32 bits per heavy atom. The van der Waals surface area contributed by atoms with E-state index in [0.717, 1.165) is 48.5 Å². The number of aromatic amines is 1. The predicted octanol–water partition coefficient (Wildman–Crippen LogP) is 4.04. The molecule has 1 aliphatic heterocycles. The lowest BCUT2D eigenvalue weighted by Crippen LogP contribution is -2.17. The van der Waals surface area contributed by atoms with E-state index in [-0.39, 0.29) is 11.9 Å². The number of H-pyrrole nitrogens is 1. The Balaban J connectivity index is 1.41. The van der Waals surface area contributed by atoms with Crippen LogP contribution in [0.4, 0.5) is 0 Å². The van der Waals surface area contributed by atoms with Crippen molar-refractivity contribution in [3.05, 3.63) is 53.3 Å². The molecular formula is C21H24N4O2S. The van der Waals surface area contributed by atoms with Crippen LogP contribution in [-0.4, -0.2) is 44.0 Å². The number of ketones is 1. The molecule has 4 rings (SSSR count). The Labute approximate surface area is 168 Å². The van der Waals surface area contributed by atoms with Crippen LogP contribution in [-0.2, 0) is 11.3 Å². The molecule has 1 fully saturated rings. The number of Topliss-reactive ketones (excluding diaryl/α,β-unsaturated/α-hetero) is 1. The summed E-state index contributed by atoms with van der Waals surface area (Å²) in [6, 6.07) is 11.8. The highest BCUT2D eigenvalue weighted by Gasteiger charge is 2.21. The van der Waals surface area contributed by atoms with Crippen LogP contribution in [0.15, 0.2) is 41.6 Å². The summed E-state index contributed by atoms with van der Waals surface area (Å²) in [7, 11) is 0. The normalized spacial score (nSPS) is 16.6. The van der Waals surface area contributed by atoms with Gasteiger partial charge in [-0.2, -0.15) is 0 Å². The molecular weight excluding hydrogens is 372 g/mol. The van der Waals surface area contributed by atoms with Crippen LogP contribution in [0.25, 0.3) is 11.4 Å². The van der Waals surface area contributed by atoms with E-state index >= 15 is 0 Å². The van der Waals surface area contributed by atoms with Gasteiger partial charge >= 0.3 is 0 Å². The zero-order valence-corrected chi connectivity index (χ0v) is 17.0. The highest BCUT2D eigenvalue weighted by Crippen LogP contribution is 2.23. The summed E-state index contributed by atoms with van der Waals surface area (Å²) in [6.07, 6.45) is 2.46. The van der Waals surface area contributed by atoms with Gasteiger partial charge in [0, 0.05) is 35.7 Å². The summed E-state index contributed by atoms with van der Waals surface area (Å²) < 4.78 is 7.95. The first-order valence-electron chi connectivity index (χ1n) is 9.54. The maximum absolute atomic E-state index is 12.8. The molecule has 6 nitrogen and oxygen atoms in total. The van der Waals surface area contributed by atoms with Gasteiger partial charge in [0.15, 0.2) is 11.6 Å². The number of aromatic nitrogens is 4. The van der Waals surface area contributed by atoms with Crippen molar-refractivity contribution >= 4 is 17.5 Å². The number of thioether (sulfide) groups is 1. The van der Waals surface area contributed by atoms with Gasteiger partial charge in [-0.3, -0.25) is 9.89 Å². The number of carbonyl (C=O) groups is 1. The Morgan fingerprint density at radius 3 is 2.89 bits per heavy atom. The molecule has 1 atom stereocenters. The number of nitrogens with one attached hydrogen (secondary N) is 1. The molecule has 0 saturated carbocycles. The number of hydrogen-bond donors (Lipinski definition) is 1. The Morgan fingerprint density at radius 2 is 2.14 bits per heavy atom. The first kappa shape index (κ1) is 19.0. The van der Waals surface area contributed by atoms with Gasteiger partial charge in [0.05, 0.1) is 11.9 Å². The Hall–Kier alpha value is -2.38. The van der Waals surface area contributed by atoms with Gasteiger partial charge in [-0.25, -0.2) is 4.98 Å². The van der Waals surface area contributed by atoms with Crippen molar-refractivity contribution in [3.8, 4) is 11.4 Å². The summed E-state index contributed by atoms with van der Waals surface area (Å²) >= 11 is 1.36. The summed E-state index contributed by atoms with van der Waals surface area (Å²) in [4.78, 5) is 17.3. The van der Waals surface area contributed by atoms with E-state index < -0.39 is 0 Å². The fourth-order valence-electron chi connectivity index (χ4n) is 3.60. The fourth-order valence-corrected chi connectivity index (χ4v) is 4.28. The summed E-state index contributed by atoms with van der Waals surface area (Å²) in [6.45, 7) is 5.72. The van der Waals surface area contributed by atoms with Gasteiger partial charge in [-0.05, 0) is 32.8 Å². The first-order chi connectivity index (χ1) is 13.6. The Kier molecular flexibility index (Phi) is 5.64. The number of ether oxygens (including phenoxy) is 1. The second-order valence-electron chi connectivity index (χ2n) is 7.07. The van der Waals surface area contributed by atoms with Gasteiger partial charge in [-0.15, -0.1) is 5.10 Å². The van der Waals surface area contributed by atoms with Crippen LogP contribution < -0.4 is 0 Å². The van der Waals surface area contributed by atoms with Gasteiger partial charge in [0.2, 0.25) is 5.16 Å². The molecule has 0 aliphatic carbocycles. The molecule has 0 amide bonds. The predicted molar refractivity (Wildman–Crippen MR) is 110 cm³/mol. The summed E-state index contributed by atoms with van der Waals surface area (Å²) in [5.41, 5.74) is 3.87. The average molecular weight is 397 g/mol. The third-order valence-electron chi connectivity index (χ3n) is 5.13. The molecule has 1 aliphatic rings. The number of nitrogens with zero attached hydrogens (tertiary/aromatic N) is 3. The highest BCUT2D eigenvalue weighted by molar-refractivity contribution is 7.99. The number of rotatable bonds is 7. The van der Waals surface area contributed by atoms with Crippen LogP contribution in [0, 0.1) is 13.8 Å². The summed E-state index contributed by atoms with van der Waals surface area (Å²) in [5.74, 6) is 1.13. The molecule has 28 heavy (non-hydrogen) atoms. The zero-order valence-electron chi connectivity index (χ0n) is 16.1. The van der Waals surface area contributed by atoms with E-state index in [2.05, 4.69) is 19.7 Å². The van der Waals surface area contributed by atoms with E-state index in [1.54, 1.807) is 0 Å². The highest BCUT2D eigenvalue weighted by atomic mass is 32.2. The maximum atomic E-state index is 12.8. The molecule has 7 heteroatoms. The smallest absolute Gasteiger partial charge is 0.209 e. The third kappa shape index (κ3) is 4.05. The lowest BCUT2D eigenvalue weighted by atomic mass is 10.2. The van der Waals surface area contributed by atoms with Gasteiger partial charge in [0.1, 0.15) is 0 Å². The van der Waals surface area contributed by atoms with Gasteiger partial charge in [0.25, 0.3) is 0 Å². The molecule has 2 aromatic heterocycles. The standard InChI is InChI=1S/C21H24N4O2S/c1-14-11-18(15(2)25(14)12-17-9-6-10-27-17)19(26)13-28-21-22-20(23-24-21)16-7-4-3-5-8-16/h3-5,7-8,11,17H,6,9-10,12-13H2,1-2H3,(H,22,23,24)/t17-/m0/s1. The van der Waals surface area contributed by atoms with E-state index in [4.69, 9.17) is 4.74 Å². The van der Waals surface area contributed by atoms with Crippen LogP contribution in [0.1, 0.15) is 34.6 Å². The third-order valence-corrected chi connectivity index (χ3v) is 5.98. The average Bonchev–Trinajstić information content (AvgIpc) is 3.45. The lowest BCUT2D eigenvalue weighted by Gasteiger charge is -2.14. The van der Waals surface area contributed by atoms with Crippen molar-refractivity contribution in [1.29, 1.82) is 0 Å². The second-order valence-corrected chi connectivity index (χ2v) is 8.02. The quantitative estimate of drug-likeness (QED) is 0.482. The molecule has 146 valence electrons. The topological polar surface area (TPSA) is 72.8 Å². The van der Waals surface area contributed by atoms with Gasteiger partial charge < -0.3 is 9.30 Å². The van der Waals surface area contributed by atoms with E-state index in [1.165, 1.54) is 11.8 Å². The molecule has 0 bridgehead atoms. The minimum Gasteiger partial charge on any atom is -0.376 e. The van der Waals surface area contributed by atoms with Crippen LogP contribution in [0.2, 0.25) is 0 Å². The number of carbonyl (C=O) groups excluding carboxylic acids is 1. The van der Waals surface area contributed by atoms with E-state index in [1.807, 2.05) is 50.2 Å². The summed E-state index contributed by atoms with van der Waals surface area (Å²) in [5, 5.41) is 7.75. The minimum atomic E-state index is 0.0998. The molecule has 0 unspecified atom stereocenters.